The van der Waals surface area contributed by atoms with E-state index in [2.05, 4.69) is 15.4 Å². The van der Waals surface area contributed by atoms with Gasteiger partial charge in [-0.05, 0) is 33.3 Å². The molecule has 2 unspecified atom stereocenters. The number of carbonyl (C=O) groups is 5. The zero-order valence-electron chi connectivity index (χ0n) is 20.6. The highest BCUT2D eigenvalue weighted by atomic mass is 16.6. The van der Waals surface area contributed by atoms with Crippen LogP contribution in [0.1, 0.15) is 52.1 Å². The van der Waals surface area contributed by atoms with E-state index in [-0.39, 0.29) is 17.9 Å². The lowest BCUT2D eigenvalue weighted by atomic mass is 10.0. The molecule has 0 aliphatic carbocycles. The molecule has 0 saturated heterocycles. The molecule has 0 aromatic heterocycles. The van der Waals surface area contributed by atoms with Gasteiger partial charge in [0.1, 0.15) is 30.0 Å². The van der Waals surface area contributed by atoms with Crippen molar-refractivity contribution < 1.29 is 38.6 Å². The van der Waals surface area contributed by atoms with Crippen LogP contribution in [0, 0.1) is 0 Å². The van der Waals surface area contributed by atoms with E-state index < -0.39 is 60.4 Å². The largest absolute Gasteiger partial charge is 0.508 e. The Hall–Kier alpha value is -3.83. The molecule has 0 aliphatic rings. The van der Waals surface area contributed by atoms with Crippen molar-refractivity contribution in [2.75, 3.05) is 20.2 Å². The Morgan fingerprint density at radius 3 is 2.29 bits per heavy atom. The zero-order chi connectivity index (χ0) is 26.8. The smallest absolute Gasteiger partial charge is 0.408 e. The van der Waals surface area contributed by atoms with Gasteiger partial charge in [0.2, 0.25) is 17.7 Å². The van der Waals surface area contributed by atoms with Crippen LogP contribution >= 0.6 is 0 Å². The lowest BCUT2D eigenvalue weighted by Gasteiger charge is -2.34. The number of alkyl carbamates (subject to hydrolysis) is 1. The molecule has 1 aromatic carbocycles. The minimum Gasteiger partial charge on any atom is -0.508 e. The third-order valence-electron chi connectivity index (χ3n) is 4.57. The number of amides is 4. The molecule has 0 aliphatic heterocycles. The topological polar surface area (TPSA) is 177 Å². The molecule has 5 N–H and O–H groups in total. The van der Waals surface area contributed by atoms with Gasteiger partial charge in [0.05, 0.1) is 13.5 Å². The Bertz CT molecular complexity index is 928. The first kappa shape index (κ1) is 29.2. The molecule has 12 nitrogen and oxygen atoms in total. The number of para-hydroxylation sites is 1. The summed E-state index contributed by atoms with van der Waals surface area (Å²) in [5.74, 6) is -3.45. The Labute approximate surface area is 204 Å². The van der Waals surface area contributed by atoms with E-state index in [9.17, 15) is 29.1 Å². The Morgan fingerprint density at radius 2 is 1.77 bits per heavy atom. The standard InChI is InChI=1S/C23H34N4O8/c1-6-11-27(21(32)15(12-17(24)29)26-22(33)35-23(2,3)4)19(14-9-7-8-10-16(14)28)20(31)25-13-18(30)34-5/h7-10,15,19,28H,6,11-13H2,1-5H3,(H2,24,29)(H,25,31)(H,26,33). The summed E-state index contributed by atoms with van der Waals surface area (Å²) in [5.41, 5.74) is 4.50. The fourth-order valence-electron chi connectivity index (χ4n) is 3.16. The second-order valence-electron chi connectivity index (χ2n) is 8.66. The number of primary amides is 1. The highest BCUT2D eigenvalue weighted by Gasteiger charge is 2.37. The van der Waals surface area contributed by atoms with Crippen LogP contribution in [0.25, 0.3) is 0 Å². The van der Waals surface area contributed by atoms with Crippen molar-refractivity contribution in [3.05, 3.63) is 29.8 Å². The summed E-state index contributed by atoms with van der Waals surface area (Å²) in [6, 6.07) is 3.03. The van der Waals surface area contributed by atoms with E-state index in [1.807, 2.05) is 0 Å². The highest BCUT2D eigenvalue weighted by Crippen LogP contribution is 2.30. The van der Waals surface area contributed by atoms with Gasteiger partial charge in [-0.3, -0.25) is 19.2 Å². The van der Waals surface area contributed by atoms with E-state index in [1.54, 1.807) is 33.8 Å². The first-order valence-corrected chi connectivity index (χ1v) is 11.0. The van der Waals surface area contributed by atoms with Crippen LogP contribution in [0.5, 0.6) is 5.75 Å². The molecule has 0 fully saturated rings. The van der Waals surface area contributed by atoms with Crippen molar-refractivity contribution in [2.45, 2.75) is 58.2 Å². The van der Waals surface area contributed by atoms with Gasteiger partial charge in [-0.2, -0.15) is 0 Å². The summed E-state index contributed by atoms with van der Waals surface area (Å²) in [6.45, 7) is 6.16. The first-order chi connectivity index (χ1) is 16.3. The number of phenols is 1. The molecule has 2 atom stereocenters. The third-order valence-corrected chi connectivity index (χ3v) is 4.57. The van der Waals surface area contributed by atoms with Crippen LogP contribution in [-0.2, 0) is 28.7 Å². The van der Waals surface area contributed by atoms with Crippen LogP contribution in [0.2, 0.25) is 0 Å². The molecule has 1 aromatic rings. The summed E-state index contributed by atoms with van der Waals surface area (Å²) < 4.78 is 9.72. The molecule has 1 rings (SSSR count). The van der Waals surface area contributed by atoms with Gasteiger partial charge < -0.3 is 35.8 Å². The van der Waals surface area contributed by atoms with Crippen molar-refractivity contribution in [3.8, 4) is 5.75 Å². The Balaban J connectivity index is 3.43. The molecule has 12 heteroatoms. The van der Waals surface area contributed by atoms with Crippen LogP contribution in [0.4, 0.5) is 4.79 Å². The molecule has 0 saturated carbocycles. The number of hydrogen-bond acceptors (Lipinski definition) is 8. The summed E-state index contributed by atoms with van der Waals surface area (Å²) in [7, 11) is 1.15. The van der Waals surface area contributed by atoms with Crippen LogP contribution in [-0.4, -0.2) is 71.6 Å². The average Bonchev–Trinajstić information content (AvgIpc) is 2.75. The number of esters is 1. The average molecular weight is 495 g/mol. The van der Waals surface area contributed by atoms with Crippen molar-refractivity contribution in [3.63, 3.8) is 0 Å². The molecule has 194 valence electrons. The Morgan fingerprint density at radius 1 is 1.14 bits per heavy atom. The summed E-state index contributed by atoms with van der Waals surface area (Å²) in [6.07, 6.45) is -1.13. The predicted octanol–water partition coefficient (Wildman–Crippen LogP) is 0.730. The van der Waals surface area contributed by atoms with E-state index >= 15 is 0 Å². The van der Waals surface area contributed by atoms with Crippen LogP contribution in [0.3, 0.4) is 0 Å². The third kappa shape index (κ3) is 9.51. The lowest BCUT2D eigenvalue weighted by molar-refractivity contribution is -0.145. The van der Waals surface area contributed by atoms with E-state index in [0.29, 0.717) is 6.42 Å². The molecule has 0 spiro atoms. The maximum Gasteiger partial charge on any atom is 0.408 e. The van der Waals surface area contributed by atoms with Gasteiger partial charge in [0.15, 0.2) is 0 Å². The summed E-state index contributed by atoms with van der Waals surface area (Å²) in [4.78, 5) is 63.4. The maximum absolute atomic E-state index is 13.6. The number of phenolic OH excluding ortho intramolecular Hbond substituents is 1. The number of carbonyl (C=O) groups excluding carboxylic acids is 5. The Kier molecular flexibility index (Phi) is 11.0. The fourth-order valence-corrected chi connectivity index (χ4v) is 3.16. The number of ether oxygens (including phenoxy) is 2. The van der Waals surface area contributed by atoms with E-state index in [0.717, 1.165) is 12.0 Å². The highest BCUT2D eigenvalue weighted by molar-refractivity contribution is 5.95. The SMILES string of the molecule is CCCN(C(=O)C(CC(N)=O)NC(=O)OC(C)(C)C)C(C(=O)NCC(=O)OC)c1ccccc1O. The maximum atomic E-state index is 13.6. The minimum absolute atomic E-state index is 0.00867. The normalized spacial score (nSPS) is 12.6. The van der Waals surface area contributed by atoms with Crippen molar-refractivity contribution >= 4 is 29.8 Å². The summed E-state index contributed by atoms with van der Waals surface area (Å²) >= 11 is 0. The number of methoxy groups -OCH3 is 1. The molecule has 35 heavy (non-hydrogen) atoms. The number of nitrogens with one attached hydrogen (secondary N) is 2. The van der Waals surface area contributed by atoms with Crippen molar-refractivity contribution in [1.29, 1.82) is 0 Å². The molecular weight excluding hydrogens is 460 g/mol. The second-order valence-corrected chi connectivity index (χ2v) is 8.66. The van der Waals surface area contributed by atoms with Gasteiger partial charge in [-0.1, -0.05) is 25.1 Å². The van der Waals surface area contributed by atoms with Gasteiger partial charge in [-0.25, -0.2) is 4.79 Å². The van der Waals surface area contributed by atoms with Gasteiger partial charge in [0, 0.05) is 12.1 Å². The summed E-state index contributed by atoms with van der Waals surface area (Å²) in [5, 5.41) is 15.2. The van der Waals surface area contributed by atoms with Gasteiger partial charge >= 0.3 is 12.1 Å². The lowest BCUT2D eigenvalue weighted by Crippen LogP contribution is -2.54. The minimum atomic E-state index is -1.45. The monoisotopic (exact) mass is 494 g/mol. The van der Waals surface area contributed by atoms with E-state index in [4.69, 9.17) is 10.5 Å². The zero-order valence-corrected chi connectivity index (χ0v) is 20.6. The van der Waals surface area contributed by atoms with Crippen molar-refractivity contribution in [2.24, 2.45) is 5.73 Å². The number of nitrogens with zero attached hydrogens (tertiary/aromatic N) is 1. The van der Waals surface area contributed by atoms with Gasteiger partial charge in [-0.15, -0.1) is 0 Å². The fraction of sp³-hybridized carbons (Fsp3) is 0.522. The molecule has 0 heterocycles. The van der Waals surface area contributed by atoms with Crippen LogP contribution < -0.4 is 16.4 Å². The molecular formula is C23H34N4O8. The number of nitrogens with two attached hydrogens (primary N) is 1. The number of aromatic hydroxyl groups is 1. The number of rotatable bonds is 11. The van der Waals surface area contributed by atoms with Crippen LogP contribution in [0.15, 0.2) is 24.3 Å². The second kappa shape index (κ2) is 13.2. The van der Waals surface area contributed by atoms with Gasteiger partial charge in [0.25, 0.3) is 0 Å². The molecule has 4 amide bonds. The molecule has 0 bridgehead atoms. The van der Waals surface area contributed by atoms with E-state index in [1.165, 1.54) is 18.2 Å². The molecule has 0 radical (unpaired) electrons. The number of hydrogen-bond donors (Lipinski definition) is 4. The quantitative estimate of drug-likeness (QED) is 0.325. The van der Waals surface area contributed by atoms with Crippen molar-refractivity contribution in [1.82, 2.24) is 15.5 Å². The predicted molar refractivity (Wildman–Crippen MR) is 125 cm³/mol. The number of benzene rings is 1. The first-order valence-electron chi connectivity index (χ1n) is 11.0.